The van der Waals surface area contributed by atoms with Gasteiger partial charge < -0.3 is 20.3 Å². The summed E-state index contributed by atoms with van der Waals surface area (Å²) in [7, 11) is 0. The number of fused-ring (bicyclic) bond motifs is 1. The molecule has 31 heavy (non-hydrogen) atoms. The van der Waals surface area contributed by atoms with Crippen LogP contribution in [0.25, 0.3) is 0 Å². The Kier molecular flexibility index (Phi) is 6.43. The molecule has 1 saturated heterocycles. The first-order valence-electron chi connectivity index (χ1n) is 10.6. The number of carbonyl (C=O) groups is 2. The zero-order chi connectivity index (χ0) is 21.8. The van der Waals surface area contributed by atoms with Crippen LogP contribution in [0.4, 0.5) is 4.79 Å². The molecule has 2 aliphatic rings. The van der Waals surface area contributed by atoms with Crippen LogP contribution in [0, 0.1) is 0 Å². The summed E-state index contributed by atoms with van der Waals surface area (Å²) in [4.78, 5) is 26.4. The lowest BCUT2D eigenvalue weighted by Crippen LogP contribution is -2.45. The quantitative estimate of drug-likeness (QED) is 0.705. The Labute approximate surface area is 186 Å². The second-order valence-electron chi connectivity index (χ2n) is 8.09. The first kappa shape index (κ1) is 21.6. The standard InChI is InChI=1S/C21H27ClN6O3/c1-2-8-23-20(30)24-11-17-18-12-31-21(14-28(18)26-25-17)7-9-27(13-21)19(29)10-15-3-5-16(22)6-4-15/h3-6H,2,7-14H2,1H3,(H2,23,24,30). The Hall–Kier alpha value is -2.65. The van der Waals surface area contributed by atoms with E-state index in [9.17, 15) is 9.59 Å². The first-order chi connectivity index (χ1) is 15.0. The van der Waals surface area contributed by atoms with Gasteiger partial charge in [-0.25, -0.2) is 9.48 Å². The molecular formula is C21H27ClN6O3. The molecule has 166 valence electrons. The van der Waals surface area contributed by atoms with Crippen LogP contribution in [0.5, 0.6) is 0 Å². The molecule has 2 aliphatic heterocycles. The molecule has 0 radical (unpaired) electrons. The van der Waals surface area contributed by atoms with Crippen LogP contribution in [-0.4, -0.2) is 57.1 Å². The molecule has 1 aromatic carbocycles. The molecule has 2 aromatic rings. The number of nitrogens with zero attached hydrogens (tertiary/aromatic N) is 4. The van der Waals surface area contributed by atoms with E-state index >= 15 is 0 Å². The summed E-state index contributed by atoms with van der Waals surface area (Å²) in [5.41, 5.74) is 2.07. The van der Waals surface area contributed by atoms with Gasteiger partial charge in [0.25, 0.3) is 0 Å². The summed E-state index contributed by atoms with van der Waals surface area (Å²) in [5, 5.41) is 14.7. The van der Waals surface area contributed by atoms with Gasteiger partial charge in [0, 0.05) is 18.1 Å². The SMILES string of the molecule is CCCNC(=O)NCc1nnn2c1COC1(CCN(C(=O)Cc3ccc(Cl)cc3)C1)C2. The molecule has 0 bridgehead atoms. The van der Waals surface area contributed by atoms with Gasteiger partial charge in [-0.05, 0) is 30.5 Å². The second kappa shape index (κ2) is 9.23. The van der Waals surface area contributed by atoms with Crippen molar-refractivity contribution in [2.75, 3.05) is 19.6 Å². The number of amides is 3. The maximum Gasteiger partial charge on any atom is 0.315 e. The number of halogens is 1. The average molecular weight is 447 g/mol. The van der Waals surface area contributed by atoms with Crippen LogP contribution < -0.4 is 10.6 Å². The van der Waals surface area contributed by atoms with Crippen molar-refractivity contribution in [2.24, 2.45) is 0 Å². The van der Waals surface area contributed by atoms with Crippen LogP contribution in [0.3, 0.4) is 0 Å². The molecule has 3 amide bonds. The monoisotopic (exact) mass is 446 g/mol. The molecule has 10 heteroatoms. The van der Waals surface area contributed by atoms with E-state index in [1.165, 1.54) is 0 Å². The van der Waals surface area contributed by atoms with E-state index in [4.69, 9.17) is 16.3 Å². The fourth-order valence-corrected chi connectivity index (χ4v) is 4.12. The first-order valence-corrected chi connectivity index (χ1v) is 10.9. The smallest absolute Gasteiger partial charge is 0.315 e. The summed E-state index contributed by atoms with van der Waals surface area (Å²) in [6.45, 7) is 5.02. The molecule has 2 N–H and O–H groups in total. The van der Waals surface area contributed by atoms with Gasteiger partial charge in [0.05, 0.1) is 38.4 Å². The minimum atomic E-state index is -0.445. The number of benzene rings is 1. The molecule has 1 unspecified atom stereocenters. The Balaban J connectivity index is 1.33. The lowest BCUT2D eigenvalue weighted by atomic mass is 10.0. The summed E-state index contributed by atoms with van der Waals surface area (Å²) in [6.07, 6.45) is 1.98. The van der Waals surface area contributed by atoms with Crippen molar-refractivity contribution in [3.63, 3.8) is 0 Å². The van der Waals surface area contributed by atoms with Crippen LogP contribution in [0.2, 0.25) is 5.02 Å². The van der Waals surface area contributed by atoms with Gasteiger partial charge in [-0.15, -0.1) is 5.10 Å². The Morgan fingerprint density at radius 1 is 1.23 bits per heavy atom. The van der Waals surface area contributed by atoms with E-state index in [1.807, 2.05) is 28.6 Å². The number of nitrogens with one attached hydrogen (secondary N) is 2. The van der Waals surface area contributed by atoms with Crippen LogP contribution in [-0.2, 0) is 35.6 Å². The number of hydrogen-bond donors (Lipinski definition) is 2. The number of rotatable bonds is 6. The molecular weight excluding hydrogens is 420 g/mol. The lowest BCUT2D eigenvalue weighted by Gasteiger charge is -2.34. The minimum absolute atomic E-state index is 0.0789. The van der Waals surface area contributed by atoms with Crippen molar-refractivity contribution in [1.82, 2.24) is 30.5 Å². The van der Waals surface area contributed by atoms with Crippen LogP contribution in [0.15, 0.2) is 24.3 Å². The molecule has 0 saturated carbocycles. The van der Waals surface area contributed by atoms with E-state index < -0.39 is 5.60 Å². The molecule has 4 rings (SSSR count). The maximum absolute atomic E-state index is 12.8. The van der Waals surface area contributed by atoms with Gasteiger partial charge >= 0.3 is 6.03 Å². The number of aromatic nitrogens is 3. The molecule has 1 atom stereocenters. The van der Waals surface area contributed by atoms with Gasteiger partial charge in [-0.3, -0.25) is 4.79 Å². The van der Waals surface area contributed by atoms with Gasteiger partial charge in [0.2, 0.25) is 5.91 Å². The largest absolute Gasteiger partial charge is 0.365 e. The van der Waals surface area contributed by atoms with Gasteiger partial charge in [0.15, 0.2) is 0 Å². The second-order valence-corrected chi connectivity index (χ2v) is 8.53. The maximum atomic E-state index is 12.8. The Morgan fingerprint density at radius 3 is 2.81 bits per heavy atom. The molecule has 3 heterocycles. The minimum Gasteiger partial charge on any atom is -0.365 e. The van der Waals surface area contributed by atoms with Crippen LogP contribution >= 0.6 is 11.6 Å². The lowest BCUT2D eigenvalue weighted by molar-refractivity contribution is -0.132. The highest BCUT2D eigenvalue weighted by atomic mass is 35.5. The Morgan fingerprint density at radius 2 is 2.03 bits per heavy atom. The zero-order valence-corrected chi connectivity index (χ0v) is 18.3. The Bertz CT molecular complexity index is 947. The third-order valence-corrected chi connectivity index (χ3v) is 6.01. The molecule has 1 spiro atoms. The van der Waals surface area contributed by atoms with Crippen molar-refractivity contribution in [3.8, 4) is 0 Å². The topological polar surface area (TPSA) is 101 Å². The average Bonchev–Trinajstić information content (AvgIpc) is 3.36. The highest BCUT2D eigenvalue weighted by Crippen LogP contribution is 2.33. The summed E-state index contributed by atoms with van der Waals surface area (Å²) in [6, 6.07) is 7.13. The third kappa shape index (κ3) is 4.99. The highest BCUT2D eigenvalue weighted by Gasteiger charge is 2.44. The van der Waals surface area contributed by atoms with Crippen molar-refractivity contribution < 1.29 is 14.3 Å². The third-order valence-electron chi connectivity index (χ3n) is 5.76. The summed E-state index contributed by atoms with van der Waals surface area (Å²) < 4.78 is 8.07. The van der Waals surface area contributed by atoms with Gasteiger partial charge in [-0.1, -0.05) is 35.9 Å². The summed E-state index contributed by atoms with van der Waals surface area (Å²) >= 11 is 5.92. The van der Waals surface area contributed by atoms with Gasteiger partial charge in [0.1, 0.15) is 11.3 Å². The predicted octanol–water partition coefficient (Wildman–Crippen LogP) is 1.88. The van der Waals surface area contributed by atoms with E-state index in [-0.39, 0.29) is 11.9 Å². The number of urea groups is 1. The number of hydrogen-bond acceptors (Lipinski definition) is 5. The predicted molar refractivity (Wildman–Crippen MR) is 114 cm³/mol. The van der Waals surface area contributed by atoms with E-state index in [0.717, 1.165) is 24.1 Å². The van der Waals surface area contributed by atoms with Crippen molar-refractivity contribution in [2.45, 2.75) is 51.5 Å². The fraction of sp³-hybridized carbons (Fsp3) is 0.524. The number of likely N-dealkylation sites (tertiary alicyclic amines) is 1. The van der Waals surface area contributed by atoms with Crippen molar-refractivity contribution in [1.29, 1.82) is 0 Å². The molecule has 1 fully saturated rings. The van der Waals surface area contributed by atoms with E-state index in [1.54, 1.807) is 12.1 Å². The molecule has 0 aliphatic carbocycles. The molecule has 1 aromatic heterocycles. The summed E-state index contributed by atoms with van der Waals surface area (Å²) in [5.74, 6) is 0.0789. The number of ether oxygens (including phenoxy) is 1. The normalized spacial score (nSPS) is 20.0. The van der Waals surface area contributed by atoms with Gasteiger partial charge in [-0.2, -0.15) is 0 Å². The van der Waals surface area contributed by atoms with Crippen molar-refractivity contribution in [3.05, 3.63) is 46.2 Å². The highest BCUT2D eigenvalue weighted by molar-refractivity contribution is 6.30. The van der Waals surface area contributed by atoms with Crippen molar-refractivity contribution >= 4 is 23.5 Å². The fourth-order valence-electron chi connectivity index (χ4n) is 3.99. The van der Waals surface area contributed by atoms with E-state index in [0.29, 0.717) is 56.5 Å². The van der Waals surface area contributed by atoms with E-state index in [2.05, 4.69) is 20.9 Å². The zero-order valence-electron chi connectivity index (χ0n) is 17.6. The number of carbonyl (C=O) groups excluding carboxylic acids is 2. The van der Waals surface area contributed by atoms with Crippen LogP contribution in [0.1, 0.15) is 36.7 Å². The molecule has 9 nitrogen and oxygen atoms in total.